The van der Waals surface area contributed by atoms with Gasteiger partial charge in [0, 0.05) is 13.1 Å². The van der Waals surface area contributed by atoms with E-state index in [1.165, 1.54) is 64.7 Å². The predicted octanol–water partition coefficient (Wildman–Crippen LogP) is 2.45. The molecule has 0 aromatic rings. The molecular weight excluding hydrogens is 196 g/mol. The average Bonchev–Trinajstić information content (AvgIpc) is 2.24. The number of hydrogen-bond acceptors (Lipinski definition) is 2. The minimum Gasteiger partial charge on any atom is -0.309 e. The summed E-state index contributed by atoms with van der Waals surface area (Å²) < 4.78 is 0. The first-order valence-electron chi connectivity index (χ1n) is 7.11. The average molecular weight is 224 g/mol. The van der Waals surface area contributed by atoms with Crippen LogP contribution in [0.1, 0.15) is 38.5 Å². The highest BCUT2D eigenvalue weighted by Gasteiger charge is 2.29. The fourth-order valence-electron chi connectivity index (χ4n) is 3.48. The van der Waals surface area contributed by atoms with E-state index < -0.39 is 0 Å². The maximum Gasteiger partial charge on any atom is 0.000988 e. The van der Waals surface area contributed by atoms with Crippen LogP contribution in [0, 0.1) is 11.8 Å². The van der Waals surface area contributed by atoms with Crippen LogP contribution in [0.5, 0.6) is 0 Å². The monoisotopic (exact) mass is 224 g/mol. The molecule has 0 amide bonds. The number of unbranched alkanes of at least 4 members (excludes halogenated alkanes) is 1. The lowest BCUT2D eigenvalue weighted by atomic mass is 9.78. The Labute approximate surface area is 101 Å². The van der Waals surface area contributed by atoms with E-state index in [1.54, 1.807) is 0 Å². The van der Waals surface area contributed by atoms with Gasteiger partial charge in [-0.2, -0.15) is 0 Å². The highest BCUT2D eigenvalue weighted by atomic mass is 15.1. The van der Waals surface area contributed by atoms with Crippen LogP contribution in [0.3, 0.4) is 0 Å². The molecule has 1 aliphatic heterocycles. The van der Waals surface area contributed by atoms with Gasteiger partial charge < -0.3 is 9.80 Å². The quantitative estimate of drug-likeness (QED) is 0.662. The summed E-state index contributed by atoms with van der Waals surface area (Å²) >= 11 is 0. The number of piperidine rings is 1. The molecule has 2 aliphatic rings. The summed E-state index contributed by atoms with van der Waals surface area (Å²) in [7, 11) is 4.34. The number of nitrogens with zero attached hydrogens (tertiary/aromatic N) is 2. The molecule has 1 aliphatic carbocycles. The van der Waals surface area contributed by atoms with Crippen LogP contribution in [0.2, 0.25) is 0 Å². The Balaban J connectivity index is 1.63. The molecule has 2 fully saturated rings. The van der Waals surface area contributed by atoms with E-state index in [0.29, 0.717) is 0 Å². The van der Waals surface area contributed by atoms with Gasteiger partial charge in [0.2, 0.25) is 0 Å². The van der Waals surface area contributed by atoms with Gasteiger partial charge in [-0.1, -0.05) is 6.42 Å². The van der Waals surface area contributed by atoms with Crippen molar-refractivity contribution in [2.24, 2.45) is 11.8 Å². The number of rotatable bonds is 5. The van der Waals surface area contributed by atoms with Gasteiger partial charge >= 0.3 is 0 Å². The minimum atomic E-state index is 1.04. The molecule has 2 rings (SSSR count). The van der Waals surface area contributed by atoms with Gasteiger partial charge in [-0.3, -0.25) is 0 Å². The minimum absolute atomic E-state index is 1.04. The van der Waals surface area contributed by atoms with Crippen LogP contribution in [-0.4, -0.2) is 50.1 Å². The molecule has 2 unspecified atom stereocenters. The standard InChI is InChI=1S/C14H28N2/c1-15(2)8-3-4-9-16-11-13-6-5-7-14(10-13)12-16/h13-14H,3-12H2,1-2H3. The maximum absolute atomic E-state index is 2.74. The largest absolute Gasteiger partial charge is 0.309 e. The molecular formula is C14H28N2. The van der Waals surface area contributed by atoms with Crippen molar-refractivity contribution in [3.05, 3.63) is 0 Å². The highest BCUT2D eigenvalue weighted by molar-refractivity contribution is 4.83. The van der Waals surface area contributed by atoms with E-state index in [2.05, 4.69) is 23.9 Å². The van der Waals surface area contributed by atoms with E-state index in [0.717, 1.165) is 11.8 Å². The molecule has 1 saturated heterocycles. The van der Waals surface area contributed by atoms with Crippen LogP contribution >= 0.6 is 0 Å². The molecule has 2 bridgehead atoms. The summed E-state index contributed by atoms with van der Waals surface area (Å²) in [5.74, 6) is 2.09. The highest BCUT2D eigenvalue weighted by Crippen LogP contribution is 2.34. The van der Waals surface area contributed by atoms with Crippen molar-refractivity contribution in [2.45, 2.75) is 38.5 Å². The van der Waals surface area contributed by atoms with Crippen LogP contribution in [-0.2, 0) is 0 Å². The third-order valence-corrected chi connectivity index (χ3v) is 4.25. The Morgan fingerprint density at radius 2 is 1.75 bits per heavy atom. The van der Waals surface area contributed by atoms with Crippen molar-refractivity contribution >= 4 is 0 Å². The van der Waals surface area contributed by atoms with Crippen molar-refractivity contribution in [1.82, 2.24) is 9.80 Å². The van der Waals surface area contributed by atoms with Gasteiger partial charge in [-0.05, 0) is 71.1 Å². The molecule has 0 N–H and O–H groups in total. The lowest BCUT2D eigenvalue weighted by Gasteiger charge is -2.41. The Morgan fingerprint density at radius 3 is 2.38 bits per heavy atom. The van der Waals surface area contributed by atoms with Gasteiger partial charge in [0.25, 0.3) is 0 Å². The number of fused-ring (bicyclic) bond motifs is 2. The first-order chi connectivity index (χ1) is 7.74. The molecule has 1 saturated carbocycles. The summed E-state index contributed by atoms with van der Waals surface area (Å²) in [6.45, 7) is 5.40. The van der Waals surface area contributed by atoms with E-state index in [9.17, 15) is 0 Å². The molecule has 1 heterocycles. The topological polar surface area (TPSA) is 6.48 Å². The van der Waals surface area contributed by atoms with Gasteiger partial charge in [0.05, 0.1) is 0 Å². The molecule has 0 aromatic heterocycles. The Morgan fingerprint density at radius 1 is 1.06 bits per heavy atom. The van der Waals surface area contributed by atoms with Gasteiger partial charge in [-0.15, -0.1) is 0 Å². The number of hydrogen-bond donors (Lipinski definition) is 0. The Bertz CT molecular complexity index is 191. The summed E-state index contributed by atoms with van der Waals surface area (Å²) in [5, 5.41) is 0. The van der Waals surface area contributed by atoms with E-state index in [4.69, 9.17) is 0 Å². The molecule has 0 radical (unpaired) electrons. The molecule has 94 valence electrons. The second kappa shape index (κ2) is 6.02. The molecule has 2 atom stereocenters. The van der Waals surface area contributed by atoms with Crippen molar-refractivity contribution in [2.75, 3.05) is 40.3 Å². The lowest BCUT2D eigenvalue weighted by molar-refractivity contribution is 0.0845. The lowest BCUT2D eigenvalue weighted by Crippen LogP contribution is -2.43. The Kier molecular flexibility index (Phi) is 4.66. The molecule has 0 spiro atoms. The molecule has 0 aromatic carbocycles. The third-order valence-electron chi connectivity index (χ3n) is 4.25. The molecule has 16 heavy (non-hydrogen) atoms. The van der Waals surface area contributed by atoms with Gasteiger partial charge in [0.15, 0.2) is 0 Å². The normalized spacial score (nSPS) is 30.9. The first kappa shape index (κ1) is 12.4. The smallest absolute Gasteiger partial charge is 0.000988 e. The second-order valence-electron chi connectivity index (χ2n) is 6.17. The third kappa shape index (κ3) is 3.74. The van der Waals surface area contributed by atoms with E-state index in [-0.39, 0.29) is 0 Å². The van der Waals surface area contributed by atoms with Crippen molar-refractivity contribution < 1.29 is 0 Å². The van der Waals surface area contributed by atoms with E-state index >= 15 is 0 Å². The van der Waals surface area contributed by atoms with Crippen LogP contribution in [0.4, 0.5) is 0 Å². The SMILES string of the molecule is CN(C)CCCCN1CC2CCCC(C2)C1. The summed E-state index contributed by atoms with van der Waals surface area (Å²) in [6.07, 6.45) is 8.80. The zero-order chi connectivity index (χ0) is 11.4. The molecule has 2 heteroatoms. The van der Waals surface area contributed by atoms with Crippen molar-refractivity contribution in [3.8, 4) is 0 Å². The van der Waals surface area contributed by atoms with Gasteiger partial charge in [-0.25, -0.2) is 0 Å². The second-order valence-corrected chi connectivity index (χ2v) is 6.17. The number of likely N-dealkylation sites (tertiary alicyclic amines) is 1. The fraction of sp³-hybridized carbons (Fsp3) is 1.00. The van der Waals surface area contributed by atoms with E-state index in [1.807, 2.05) is 0 Å². The summed E-state index contributed by atoms with van der Waals surface area (Å²) in [5.41, 5.74) is 0. The van der Waals surface area contributed by atoms with Crippen LogP contribution in [0.25, 0.3) is 0 Å². The van der Waals surface area contributed by atoms with Gasteiger partial charge in [0.1, 0.15) is 0 Å². The van der Waals surface area contributed by atoms with Crippen LogP contribution < -0.4 is 0 Å². The predicted molar refractivity (Wildman–Crippen MR) is 69.7 cm³/mol. The Hall–Kier alpha value is -0.0800. The zero-order valence-corrected chi connectivity index (χ0v) is 11.1. The summed E-state index contributed by atoms with van der Waals surface area (Å²) in [6, 6.07) is 0. The molecule has 2 nitrogen and oxygen atoms in total. The summed E-state index contributed by atoms with van der Waals surface area (Å²) in [4.78, 5) is 5.04. The first-order valence-corrected chi connectivity index (χ1v) is 7.11. The van der Waals surface area contributed by atoms with Crippen molar-refractivity contribution in [1.29, 1.82) is 0 Å². The van der Waals surface area contributed by atoms with Crippen molar-refractivity contribution in [3.63, 3.8) is 0 Å². The van der Waals surface area contributed by atoms with Crippen LogP contribution in [0.15, 0.2) is 0 Å². The fourth-order valence-corrected chi connectivity index (χ4v) is 3.48. The zero-order valence-electron chi connectivity index (χ0n) is 11.1. The maximum atomic E-state index is 2.74.